The van der Waals surface area contributed by atoms with Gasteiger partial charge in [-0.05, 0) is 66.4 Å². The van der Waals surface area contributed by atoms with Crippen LogP contribution >= 0.6 is 11.6 Å². The van der Waals surface area contributed by atoms with E-state index in [-0.39, 0.29) is 6.03 Å². The van der Waals surface area contributed by atoms with Crippen molar-refractivity contribution in [3.63, 3.8) is 0 Å². The molecule has 3 aromatic rings. The SMILES string of the molecule is Cc1cc(-c2ccc(NC(=O)NCCc3ccc(Cl)cc3)cc2)ccn1. The molecular formula is C21H20ClN3O. The van der Waals surface area contributed by atoms with E-state index in [0.29, 0.717) is 11.6 Å². The summed E-state index contributed by atoms with van der Waals surface area (Å²) in [7, 11) is 0. The molecule has 0 unspecified atom stereocenters. The van der Waals surface area contributed by atoms with Gasteiger partial charge in [0.1, 0.15) is 0 Å². The van der Waals surface area contributed by atoms with Crippen molar-refractivity contribution in [3.05, 3.63) is 83.1 Å². The van der Waals surface area contributed by atoms with Crippen molar-refractivity contribution in [1.82, 2.24) is 10.3 Å². The molecule has 0 aliphatic rings. The van der Waals surface area contributed by atoms with Crippen LogP contribution in [0.3, 0.4) is 0 Å². The Kier molecular flexibility index (Phi) is 5.87. The molecule has 3 rings (SSSR count). The van der Waals surface area contributed by atoms with Gasteiger partial charge < -0.3 is 10.6 Å². The van der Waals surface area contributed by atoms with Gasteiger partial charge in [0.05, 0.1) is 0 Å². The quantitative estimate of drug-likeness (QED) is 0.662. The smallest absolute Gasteiger partial charge is 0.319 e. The average molecular weight is 366 g/mol. The van der Waals surface area contributed by atoms with Gasteiger partial charge in [-0.3, -0.25) is 4.98 Å². The molecular weight excluding hydrogens is 346 g/mol. The van der Waals surface area contributed by atoms with E-state index in [0.717, 1.165) is 34.5 Å². The molecule has 2 N–H and O–H groups in total. The first-order chi connectivity index (χ1) is 12.6. The van der Waals surface area contributed by atoms with Gasteiger partial charge in [-0.1, -0.05) is 35.9 Å². The van der Waals surface area contributed by atoms with E-state index in [1.807, 2.05) is 67.6 Å². The van der Waals surface area contributed by atoms with Crippen LogP contribution in [0, 0.1) is 6.92 Å². The molecule has 0 saturated heterocycles. The third kappa shape index (κ3) is 5.07. The standard InChI is InChI=1S/C21H20ClN3O/c1-15-14-18(11-13-23-15)17-4-8-20(9-5-17)25-21(26)24-12-10-16-2-6-19(22)7-3-16/h2-9,11,13-14H,10,12H2,1H3,(H2,24,25,26). The number of carbonyl (C=O) groups excluding carboxylic acids is 1. The Morgan fingerprint density at radius 1 is 1.00 bits per heavy atom. The zero-order valence-electron chi connectivity index (χ0n) is 14.5. The molecule has 132 valence electrons. The van der Waals surface area contributed by atoms with Gasteiger partial charge in [-0.15, -0.1) is 0 Å². The predicted octanol–water partition coefficient (Wildman–Crippen LogP) is 5.07. The van der Waals surface area contributed by atoms with Crippen molar-refractivity contribution in [2.45, 2.75) is 13.3 Å². The van der Waals surface area contributed by atoms with Gasteiger partial charge in [-0.25, -0.2) is 4.79 Å². The Morgan fingerprint density at radius 2 is 1.73 bits per heavy atom. The highest BCUT2D eigenvalue weighted by molar-refractivity contribution is 6.30. The summed E-state index contributed by atoms with van der Waals surface area (Å²) in [5.41, 5.74) is 5.06. The normalized spacial score (nSPS) is 10.4. The monoisotopic (exact) mass is 365 g/mol. The second kappa shape index (κ2) is 8.50. The summed E-state index contributed by atoms with van der Waals surface area (Å²) in [5, 5.41) is 6.41. The molecule has 1 aromatic heterocycles. The van der Waals surface area contributed by atoms with Crippen molar-refractivity contribution in [1.29, 1.82) is 0 Å². The highest BCUT2D eigenvalue weighted by Crippen LogP contribution is 2.21. The summed E-state index contributed by atoms with van der Waals surface area (Å²) >= 11 is 5.86. The highest BCUT2D eigenvalue weighted by Gasteiger charge is 2.03. The number of nitrogens with zero attached hydrogens (tertiary/aromatic N) is 1. The van der Waals surface area contributed by atoms with Crippen molar-refractivity contribution in [3.8, 4) is 11.1 Å². The number of pyridine rings is 1. The number of anilines is 1. The van der Waals surface area contributed by atoms with Gasteiger partial charge in [0.2, 0.25) is 0 Å². The summed E-state index contributed by atoms with van der Waals surface area (Å²) < 4.78 is 0. The van der Waals surface area contributed by atoms with Gasteiger partial charge in [0, 0.05) is 29.1 Å². The third-order valence-electron chi connectivity index (χ3n) is 3.99. The van der Waals surface area contributed by atoms with Gasteiger partial charge >= 0.3 is 6.03 Å². The minimum atomic E-state index is -0.216. The minimum Gasteiger partial charge on any atom is -0.338 e. The zero-order chi connectivity index (χ0) is 18.4. The Labute approximate surface area is 158 Å². The van der Waals surface area contributed by atoms with Crippen LogP contribution in [0.5, 0.6) is 0 Å². The Balaban J connectivity index is 1.50. The molecule has 0 bridgehead atoms. The number of urea groups is 1. The predicted molar refractivity (Wildman–Crippen MR) is 107 cm³/mol. The molecule has 26 heavy (non-hydrogen) atoms. The summed E-state index contributed by atoms with van der Waals surface area (Å²) in [6, 6.07) is 19.2. The second-order valence-electron chi connectivity index (χ2n) is 6.02. The van der Waals surface area contributed by atoms with E-state index >= 15 is 0 Å². The van der Waals surface area contributed by atoms with Crippen molar-refractivity contribution in [2.24, 2.45) is 0 Å². The van der Waals surface area contributed by atoms with E-state index in [9.17, 15) is 4.79 Å². The average Bonchev–Trinajstić information content (AvgIpc) is 2.64. The number of amides is 2. The maximum atomic E-state index is 12.0. The molecule has 0 atom stereocenters. The first-order valence-corrected chi connectivity index (χ1v) is 8.80. The number of nitrogens with one attached hydrogen (secondary N) is 2. The van der Waals surface area contributed by atoms with Gasteiger partial charge in [-0.2, -0.15) is 0 Å². The van der Waals surface area contributed by atoms with Crippen LogP contribution in [-0.4, -0.2) is 17.6 Å². The van der Waals surface area contributed by atoms with Crippen LogP contribution in [0.15, 0.2) is 66.9 Å². The van der Waals surface area contributed by atoms with Crippen LogP contribution in [0.4, 0.5) is 10.5 Å². The Hall–Kier alpha value is -2.85. The Bertz CT molecular complexity index is 877. The summed E-state index contributed by atoms with van der Waals surface area (Å²) in [5.74, 6) is 0. The van der Waals surface area contributed by atoms with Crippen molar-refractivity contribution < 1.29 is 4.79 Å². The zero-order valence-corrected chi connectivity index (χ0v) is 15.3. The molecule has 0 fully saturated rings. The van der Waals surface area contributed by atoms with E-state index in [2.05, 4.69) is 15.6 Å². The van der Waals surface area contributed by atoms with E-state index in [1.54, 1.807) is 6.20 Å². The van der Waals surface area contributed by atoms with Gasteiger partial charge in [0.15, 0.2) is 0 Å². The fourth-order valence-electron chi connectivity index (χ4n) is 2.62. The molecule has 1 heterocycles. The molecule has 0 saturated carbocycles. The summed E-state index contributed by atoms with van der Waals surface area (Å²) in [4.78, 5) is 16.2. The van der Waals surface area contributed by atoms with E-state index in [1.165, 1.54) is 0 Å². The first-order valence-electron chi connectivity index (χ1n) is 8.42. The van der Waals surface area contributed by atoms with Crippen LogP contribution in [0.25, 0.3) is 11.1 Å². The summed E-state index contributed by atoms with van der Waals surface area (Å²) in [6.45, 7) is 2.52. The molecule has 4 nitrogen and oxygen atoms in total. The van der Waals surface area contributed by atoms with Crippen molar-refractivity contribution >= 4 is 23.3 Å². The largest absolute Gasteiger partial charge is 0.338 e. The lowest BCUT2D eigenvalue weighted by atomic mass is 10.1. The molecule has 0 aliphatic carbocycles. The number of aromatic nitrogens is 1. The topological polar surface area (TPSA) is 54.0 Å². The third-order valence-corrected chi connectivity index (χ3v) is 4.24. The maximum Gasteiger partial charge on any atom is 0.319 e. The number of halogens is 1. The lowest BCUT2D eigenvalue weighted by molar-refractivity contribution is 0.252. The van der Waals surface area contributed by atoms with Crippen molar-refractivity contribution in [2.75, 3.05) is 11.9 Å². The van der Waals surface area contributed by atoms with E-state index < -0.39 is 0 Å². The lowest BCUT2D eigenvalue weighted by Gasteiger charge is -2.09. The maximum absolute atomic E-state index is 12.0. The first kappa shape index (κ1) is 18.0. The van der Waals surface area contributed by atoms with Crippen LogP contribution < -0.4 is 10.6 Å². The van der Waals surface area contributed by atoms with Crippen LogP contribution in [0.2, 0.25) is 5.02 Å². The second-order valence-corrected chi connectivity index (χ2v) is 6.46. The molecule has 2 amide bonds. The van der Waals surface area contributed by atoms with E-state index in [4.69, 9.17) is 11.6 Å². The van der Waals surface area contributed by atoms with Crippen LogP contribution in [-0.2, 0) is 6.42 Å². The molecule has 0 aliphatic heterocycles. The number of aryl methyl sites for hydroxylation is 1. The molecule has 5 heteroatoms. The number of hydrogen-bond donors (Lipinski definition) is 2. The number of benzene rings is 2. The number of hydrogen-bond acceptors (Lipinski definition) is 2. The molecule has 2 aromatic carbocycles. The van der Waals surface area contributed by atoms with Crippen LogP contribution in [0.1, 0.15) is 11.3 Å². The fraction of sp³-hybridized carbons (Fsp3) is 0.143. The fourth-order valence-corrected chi connectivity index (χ4v) is 2.74. The lowest BCUT2D eigenvalue weighted by Crippen LogP contribution is -2.30. The highest BCUT2D eigenvalue weighted by atomic mass is 35.5. The molecule has 0 spiro atoms. The number of carbonyl (C=O) groups is 1. The van der Waals surface area contributed by atoms with Gasteiger partial charge in [0.25, 0.3) is 0 Å². The Morgan fingerprint density at radius 3 is 2.42 bits per heavy atom. The number of rotatable bonds is 5. The summed E-state index contributed by atoms with van der Waals surface area (Å²) in [6.07, 6.45) is 2.55. The minimum absolute atomic E-state index is 0.216. The molecule has 0 radical (unpaired) electrons.